The van der Waals surface area contributed by atoms with E-state index < -0.39 is 0 Å². The molecule has 0 saturated heterocycles. The minimum atomic E-state index is -0.00332. The summed E-state index contributed by atoms with van der Waals surface area (Å²) in [7, 11) is 0. The molecular formula is C17H22N2O2. The van der Waals surface area contributed by atoms with Gasteiger partial charge in [0.15, 0.2) is 11.5 Å². The highest BCUT2D eigenvalue weighted by molar-refractivity contribution is 5.73. The van der Waals surface area contributed by atoms with Crippen molar-refractivity contribution in [3.8, 4) is 22.8 Å². The van der Waals surface area contributed by atoms with Crippen LogP contribution in [0.2, 0.25) is 0 Å². The standard InChI is InChI=1S/C17H22N2O2/c1-10(2)11-6-7-12(15-14(11)20-9-21-15)13-8-18-16(19-13)17(3,4)5/h6-8,10H,9H2,1-5H3,(H,18,19). The number of nitrogens with zero attached hydrogens (tertiary/aromatic N) is 1. The van der Waals surface area contributed by atoms with Crippen molar-refractivity contribution >= 4 is 0 Å². The zero-order valence-electron chi connectivity index (χ0n) is 13.3. The Hall–Kier alpha value is -1.97. The highest BCUT2D eigenvalue weighted by Crippen LogP contribution is 2.45. The minimum Gasteiger partial charge on any atom is -0.453 e. The Morgan fingerprint density at radius 1 is 1.14 bits per heavy atom. The molecule has 0 fully saturated rings. The molecule has 0 atom stereocenters. The number of fused-ring (bicyclic) bond motifs is 1. The average Bonchev–Trinajstić information content (AvgIpc) is 3.05. The highest BCUT2D eigenvalue weighted by Gasteiger charge is 2.25. The van der Waals surface area contributed by atoms with Gasteiger partial charge in [0.25, 0.3) is 0 Å². The van der Waals surface area contributed by atoms with Gasteiger partial charge in [-0.1, -0.05) is 40.7 Å². The summed E-state index contributed by atoms with van der Waals surface area (Å²) in [6.07, 6.45) is 1.87. The number of hydrogen-bond donors (Lipinski definition) is 1. The first-order valence-electron chi connectivity index (χ1n) is 7.36. The van der Waals surface area contributed by atoms with Gasteiger partial charge in [0.05, 0.1) is 11.9 Å². The number of nitrogens with one attached hydrogen (secondary N) is 1. The second kappa shape index (κ2) is 4.79. The molecule has 3 rings (SSSR count). The van der Waals surface area contributed by atoms with Gasteiger partial charge >= 0.3 is 0 Å². The van der Waals surface area contributed by atoms with Gasteiger partial charge in [0.2, 0.25) is 6.79 Å². The van der Waals surface area contributed by atoms with Gasteiger partial charge in [-0.3, -0.25) is 0 Å². The maximum atomic E-state index is 5.70. The summed E-state index contributed by atoms with van der Waals surface area (Å²) >= 11 is 0. The van der Waals surface area contributed by atoms with E-state index in [1.165, 1.54) is 5.56 Å². The van der Waals surface area contributed by atoms with Crippen LogP contribution in [0.1, 0.15) is 51.9 Å². The predicted octanol–water partition coefficient (Wildman–Crippen LogP) is 4.23. The summed E-state index contributed by atoms with van der Waals surface area (Å²) in [5, 5.41) is 0. The van der Waals surface area contributed by atoms with E-state index in [0.29, 0.717) is 5.92 Å². The van der Waals surface area contributed by atoms with Crippen molar-refractivity contribution in [3.05, 3.63) is 29.7 Å². The SMILES string of the molecule is CC(C)c1ccc(-c2cnc(C(C)(C)C)[nH]2)c2c1OCO2. The van der Waals surface area contributed by atoms with Crippen LogP contribution in [0.3, 0.4) is 0 Å². The number of aromatic nitrogens is 2. The smallest absolute Gasteiger partial charge is 0.231 e. The van der Waals surface area contributed by atoms with Crippen LogP contribution in [0.4, 0.5) is 0 Å². The van der Waals surface area contributed by atoms with Gasteiger partial charge < -0.3 is 14.5 Å². The molecule has 2 aromatic rings. The summed E-state index contributed by atoms with van der Waals surface area (Å²) < 4.78 is 11.4. The van der Waals surface area contributed by atoms with Crippen LogP contribution < -0.4 is 9.47 Å². The average molecular weight is 286 g/mol. The van der Waals surface area contributed by atoms with Crippen molar-refractivity contribution in [2.75, 3.05) is 6.79 Å². The molecule has 0 bridgehead atoms. The second-order valence-electron chi connectivity index (χ2n) is 6.82. The number of H-pyrrole nitrogens is 1. The molecule has 0 unspecified atom stereocenters. The van der Waals surface area contributed by atoms with Gasteiger partial charge in [-0.05, 0) is 12.0 Å². The van der Waals surface area contributed by atoms with E-state index >= 15 is 0 Å². The summed E-state index contributed by atoms with van der Waals surface area (Å²) in [5.74, 6) is 3.07. The van der Waals surface area contributed by atoms with E-state index in [9.17, 15) is 0 Å². The lowest BCUT2D eigenvalue weighted by Crippen LogP contribution is -2.13. The van der Waals surface area contributed by atoms with Crippen molar-refractivity contribution < 1.29 is 9.47 Å². The number of imidazole rings is 1. The molecule has 0 spiro atoms. The molecule has 0 aliphatic carbocycles. The molecular weight excluding hydrogens is 264 g/mol. The Kier molecular flexibility index (Phi) is 3.19. The molecule has 4 heteroatoms. The highest BCUT2D eigenvalue weighted by atomic mass is 16.7. The summed E-state index contributed by atoms with van der Waals surface area (Å²) in [6, 6.07) is 4.20. The van der Waals surface area contributed by atoms with E-state index in [2.05, 4.69) is 56.7 Å². The minimum absolute atomic E-state index is 0.00332. The second-order valence-corrected chi connectivity index (χ2v) is 6.82. The summed E-state index contributed by atoms with van der Waals surface area (Å²) in [6.45, 7) is 11.0. The van der Waals surface area contributed by atoms with E-state index in [1.54, 1.807) is 0 Å². The van der Waals surface area contributed by atoms with Crippen molar-refractivity contribution in [1.29, 1.82) is 0 Å². The molecule has 0 saturated carbocycles. The van der Waals surface area contributed by atoms with Crippen LogP contribution in [-0.2, 0) is 5.41 Å². The van der Waals surface area contributed by atoms with Crippen LogP contribution in [0.5, 0.6) is 11.5 Å². The Labute approximate surface area is 125 Å². The normalized spacial score (nSPS) is 14.0. The van der Waals surface area contributed by atoms with Crippen molar-refractivity contribution in [2.24, 2.45) is 0 Å². The predicted molar refractivity (Wildman–Crippen MR) is 82.9 cm³/mol. The molecule has 1 N–H and O–H groups in total. The van der Waals surface area contributed by atoms with E-state index in [1.807, 2.05) is 6.20 Å². The van der Waals surface area contributed by atoms with E-state index in [0.717, 1.165) is 28.6 Å². The Balaban J connectivity index is 2.08. The van der Waals surface area contributed by atoms with Gasteiger partial charge in [0, 0.05) is 16.5 Å². The third-order valence-electron chi connectivity index (χ3n) is 3.75. The zero-order valence-corrected chi connectivity index (χ0v) is 13.3. The topological polar surface area (TPSA) is 47.1 Å². The van der Waals surface area contributed by atoms with Gasteiger partial charge in [0.1, 0.15) is 5.82 Å². The first-order valence-corrected chi connectivity index (χ1v) is 7.36. The first kappa shape index (κ1) is 14.0. The monoisotopic (exact) mass is 286 g/mol. The third kappa shape index (κ3) is 2.39. The lowest BCUT2D eigenvalue weighted by Gasteiger charge is -2.14. The lowest BCUT2D eigenvalue weighted by molar-refractivity contribution is 0.173. The fourth-order valence-corrected chi connectivity index (χ4v) is 2.52. The molecule has 21 heavy (non-hydrogen) atoms. The number of aromatic amines is 1. The van der Waals surface area contributed by atoms with Gasteiger partial charge in [-0.25, -0.2) is 4.98 Å². The molecule has 1 aromatic heterocycles. The number of ether oxygens (including phenoxy) is 2. The van der Waals surface area contributed by atoms with Crippen LogP contribution in [0, 0.1) is 0 Å². The number of hydrogen-bond acceptors (Lipinski definition) is 3. The third-order valence-corrected chi connectivity index (χ3v) is 3.75. The van der Waals surface area contributed by atoms with Crippen LogP contribution in [-0.4, -0.2) is 16.8 Å². The molecule has 1 aliphatic heterocycles. The fourth-order valence-electron chi connectivity index (χ4n) is 2.52. The molecule has 0 radical (unpaired) electrons. The zero-order chi connectivity index (χ0) is 15.2. The Bertz CT molecular complexity index is 666. The lowest BCUT2D eigenvalue weighted by atomic mass is 9.96. The maximum Gasteiger partial charge on any atom is 0.231 e. The largest absolute Gasteiger partial charge is 0.453 e. The van der Waals surface area contributed by atoms with Crippen molar-refractivity contribution in [1.82, 2.24) is 9.97 Å². The van der Waals surface area contributed by atoms with Crippen molar-refractivity contribution in [2.45, 2.75) is 46.0 Å². The maximum absolute atomic E-state index is 5.70. The fraction of sp³-hybridized carbons (Fsp3) is 0.471. The van der Waals surface area contributed by atoms with E-state index in [4.69, 9.17) is 9.47 Å². The molecule has 0 amide bonds. The molecule has 1 aromatic carbocycles. The Morgan fingerprint density at radius 2 is 1.86 bits per heavy atom. The number of rotatable bonds is 2. The van der Waals surface area contributed by atoms with Gasteiger partial charge in [-0.15, -0.1) is 0 Å². The van der Waals surface area contributed by atoms with Crippen LogP contribution in [0.25, 0.3) is 11.3 Å². The van der Waals surface area contributed by atoms with Crippen LogP contribution in [0.15, 0.2) is 18.3 Å². The molecule has 1 aliphatic rings. The Morgan fingerprint density at radius 3 is 2.48 bits per heavy atom. The molecule has 4 nitrogen and oxygen atoms in total. The van der Waals surface area contributed by atoms with Crippen LogP contribution >= 0.6 is 0 Å². The van der Waals surface area contributed by atoms with Crippen molar-refractivity contribution in [3.63, 3.8) is 0 Å². The molecule has 2 heterocycles. The number of benzene rings is 1. The summed E-state index contributed by atoms with van der Waals surface area (Å²) in [5.41, 5.74) is 3.16. The van der Waals surface area contributed by atoms with Gasteiger partial charge in [-0.2, -0.15) is 0 Å². The molecule has 112 valence electrons. The first-order chi connectivity index (χ1) is 9.88. The van der Waals surface area contributed by atoms with E-state index in [-0.39, 0.29) is 12.2 Å². The summed E-state index contributed by atoms with van der Waals surface area (Å²) in [4.78, 5) is 7.90. The quantitative estimate of drug-likeness (QED) is 0.898.